The first-order valence-corrected chi connectivity index (χ1v) is 7.49. The number of nitrogens with zero attached hydrogens (tertiary/aromatic N) is 3. The zero-order valence-electron chi connectivity index (χ0n) is 13.0. The minimum absolute atomic E-state index is 0.200. The van der Waals surface area contributed by atoms with E-state index in [-0.39, 0.29) is 5.69 Å². The van der Waals surface area contributed by atoms with Gasteiger partial charge in [-0.05, 0) is 31.5 Å². The summed E-state index contributed by atoms with van der Waals surface area (Å²) in [6, 6.07) is 8.72. The minimum Gasteiger partial charge on any atom is -0.360 e. The molecule has 0 saturated carbocycles. The van der Waals surface area contributed by atoms with Gasteiger partial charge in [0.1, 0.15) is 23.6 Å². The summed E-state index contributed by atoms with van der Waals surface area (Å²) in [7, 11) is 0. The second-order valence-electron chi connectivity index (χ2n) is 5.15. The van der Waals surface area contributed by atoms with Crippen LogP contribution in [0.4, 0.5) is 17.3 Å². The predicted octanol–water partition coefficient (Wildman–Crippen LogP) is 3.73. The Balaban J connectivity index is 1.75. The standard InChI is InChI=1S/C16H14ClN5O2/c1-9-3-4-11(6-12(9)17)20-14-7-13(18-8-19-14)16(23)21-15-5-10(2)24-22-15/h3-8H,1-2H3,(H,18,19,20)(H,21,22,23). The van der Waals surface area contributed by atoms with Crippen LogP contribution in [0.1, 0.15) is 21.8 Å². The van der Waals surface area contributed by atoms with E-state index in [2.05, 4.69) is 25.8 Å². The molecule has 1 aromatic carbocycles. The molecule has 0 spiro atoms. The molecule has 0 atom stereocenters. The van der Waals surface area contributed by atoms with Crippen LogP contribution in [0.15, 0.2) is 41.2 Å². The second-order valence-corrected chi connectivity index (χ2v) is 5.56. The van der Waals surface area contributed by atoms with Gasteiger partial charge < -0.3 is 15.2 Å². The van der Waals surface area contributed by atoms with Crippen molar-refractivity contribution in [2.75, 3.05) is 10.6 Å². The summed E-state index contributed by atoms with van der Waals surface area (Å²) in [4.78, 5) is 20.3. The number of hydrogen-bond donors (Lipinski definition) is 2. The van der Waals surface area contributed by atoms with Gasteiger partial charge in [0.15, 0.2) is 5.82 Å². The van der Waals surface area contributed by atoms with E-state index in [9.17, 15) is 4.79 Å². The minimum atomic E-state index is -0.407. The number of carbonyl (C=O) groups is 1. The van der Waals surface area contributed by atoms with Gasteiger partial charge in [-0.1, -0.05) is 22.8 Å². The summed E-state index contributed by atoms with van der Waals surface area (Å²) in [5.74, 6) is 1.00. The Bertz CT molecular complexity index is 894. The first kappa shape index (κ1) is 15.9. The quantitative estimate of drug-likeness (QED) is 0.749. The first-order valence-electron chi connectivity index (χ1n) is 7.11. The lowest BCUT2D eigenvalue weighted by molar-refractivity contribution is 0.102. The van der Waals surface area contributed by atoms with E-state index in [0.717, 1.165) is 11.3 Å². The number of carbonyl (C=O) groups excluding carboxylic acids is 1. The SMILES string of the molecule is Cc1cc(NC(=O)c2cc(Nc3ccc(C)c(Cl)c3)ncn2)no1. The average Bonchev–Trinajstić information content (AvgIpc) is 2.96. The zero-order chi connectivity index (χ0) is 17.1. The van der Waals surface area contributed by atoms with Gasteiger partial charge in [0.25, 0.3) is 5.91 Å². The maximum absolute atomic E-state index is 12.2. The topological polar surface area (TPSA) is 92.9 Å². The average molecular weight is 344 g/mol. The van der Waals surface area contributed by atoms with E-state index in [1.165, 1.54) is 12.4 Å². The molecule has 0 aliphatic heterocycles. The van der Waals surface area contributed by atoms with Crippen LogP contribution in [0, 0.1) is 13.8 Å². The number of hydrogen-bond acceptors (Lipinski definition) is 6. The zero-order valence-corrected chi connectivity index (χ0v) is 13.8. The largest absolute Gasteiger partial charge is 0.360 e. The number of nitrogens with one attached hydrogen (secondary N) is 2. The number of aryl methyl sites for hydroxylation is 2. The number of anilines is 3. The number of aromatic nitrogens is 3. The Hall–Kier alpha value is -2.93. The maximum atomic E-state index is 12.2. The van der Waals surface area contributed by atoms with Crippen molar-refractivity contribution in [1.29, 1.82) is 0 Å². The van der Waals surface area contributed by atoms with Crippen LogP contribution in [0.3, 0.4) is 0 Å². The molecule has 2 heterocycles. The van der Waals surface area contributed by atoms with Gasteiger partial charge >= 0.3 is 0 Å². The van der Waals surface area contributed by atoms with Crippen molar-refractivity contribution >= 4 is 34.8 Å². The maximum Gasteiger partial charge on any atom is 0.275 e. The third-order valence-corrected chi connectivity index (χ3v) is 3.62. The molecule has 1 amide bonds. The Morgan fingerprint density at radius 2 is 1.96 bits per heavy atom. The summed E-state index contributed by atoms with van der Waals surface area (Å²) in [5, 5.41) is 10.0. The molecule has 0 unspecified atom stereocenters. The van der Waals surface area contributed by atoms with Crippen molar-refractivity contribution in [1.82, 2.24) is 15.1 Å². The summed E-state index contributed by atoms with van der Waals surface area (Å²) in [5.41, 5.74) is 1.95. The van der Waals surface area contributed by atoms with Gasteiger partial charge in [-0.15, -0.1) is 0 Å². The molecular formula is C16H14ClN5O2. The Labute approximate surface area is 143 Å². The third-order valence-electron chi connectivity index (χ3n) is 3.21. The van der Waals surface area contributed by atoms with Crippen LogP contribution < -0.4 is 10.6 Å². The molecule has 3 aromatic rings. The monoisotopic (exact) mass is 343 g/mol. The fourth-order valence-corrected chi connectivity index (χ4v) is 2.15. The molecule has 2 aromatic heterocycles. The van der Waals surface area contributed by atoms with Gasteiger partial charge in [-0.25, -0.2) is 9.97 Å². The number of benzene rings is 1. The molecule has 0 fully saturated rings. The fourth-order valence-electron chi connectivity index (χ4n) is 1.97. The van der Waals surface area contributed by atoms with Crippen molar-refractivity contribution in [3.05, 3.63) is 58.7 Å². The van der Waals surface area contributed by atoms with Crippen LogP contribution in [0.2, 0.25) is 5.02 Å². The first-order chi connectivity index (χ1) is 11.5. The fraction of sp³-hybridized carbons (Fsp3) is 0.125. The molecule has 0 aliphatic rings. The normalized spacial score (nSPS) is 10.5. The number of halogens is 1. The Kier molecular flexibility index (Phi) is 4.43. The molecule has 0 radical (unpaired) electrons. The molecule has 8 heteroatoms. The molecule has 2 N–H and O–H groups in total. The van der Waals surface area contributed by atoms with Crippen molar-refractivity contribution in [3.8, 4) is 0 Å². The predicted molar refractivity (Wildman–Crippen MR) is 90.7 cm³/mol. The lowest BCUT2D eigenvalue weighted by Crippen LogP contribution is -2.14. The highest BCUT2D eigenvalue weighted by Gasteiger charge is 2.11. The van der Waals surface area contributed by atoms with Gasteiger partial charge in [0.2, 0.25) is 0 Å². The highest BCUT2D eigenvalue weighted by molar-refractivity contribution is 6.31. The Morgan fingerprint density at radius 3 is 2.67 bits per heavy atom. The van der Waals surface area contributed by atoms with E-state index in [1.54, 1.807) is 19.1 Å². The van der Waals surface area contributed by atoms with Crippen molar-refractivity contribution in [2.24, 2.45) is 0 Å². The third kappa shape index (κ3) is 3.69. The van der Waals surface area contributed by atoms with Crippen LogP contribution in [-0.4, -0.2) is 21.0 Å². The van der Waals surface area contributed by atoms with Crippen LogP contribution >= 0.6 is 11.6 Å². The summed E-state index contributed by atoms with van der Waals surface area (Å²) in [6.07, 6.45) is 1.31. The number of rotatable bonds is 4. The van der Waals surface area contributed by atoms with Crippen LogP contribution in [-0.2, 0) is 0 Å². The lowest BCUT2D eigenvalue weighted by Gasteiger charge is -2.08. The molecule has 0 bridgehead atoms. The van der Waals surface area contributed by atoms with Gasteiger partial charge in [0.05, 0.1) is 0 Å². The summed E-state index contributed by atoms with van der Waals surface area (Å²) >= 11 is 6.10. The molecule has 24 heavy (non-hydrogen) atoms. The second kappa shape index (κ2) is 6.67. The molecule has 3 rings (SSSR count). The van der Waals surface area contributed by atoms with E-state index >= 15 is 0 Å². The number of amides is 1. The molecule has 0 saturated heterocycles. The molecular weight excluding hydrogens is 330 g/mol. The molecule has 7 nitrogen and oxygen atoms in total. The van der Waals surface area contributed by atoms with E-state index < -0.39 is 5.91 Å². The van der Waals surface area contributed by atoms with E-state index in [1.807, 2.05) is 19.1 Å². The van der Waals surface area contributed by atoms with E-state index in [4.69, 9.17) is 16.1 Å². The van der Waals surface area contributed by atoms with Crippen molar-refractivity contribution in [2.45, 2.75) is 13.8 Å². The lowest BCUT2D eigenvalue weighted by atomic mass is 10.2. The Morgan fingerprint density at radius 1 is 1.12 bits per heavy atom. The van der Waals surface area contributed by atoms with Crippen LogP contribution in [0.25, 0.3) is 0 Å². The van der Waals surface area contributed by atoms with E-state index in [0.29, 0.717) is 22.4 Å². The van der Waals surface area contributed by atoms with Crippen LogP contribution in [0.5, 0.6) is 0 Å². The van der Waals surface area contributed by atoms with Gasteiger partial charge in [0, 0.05) is 22.8 Å². The summed E-state index contributed by atoms with van der Waals surface area (Å²) in [6.45, 7) is 3.66. The highest BCUT2D eigenvalue weighted by atomic mass is 35.5. The van der Waals surface area contributed by atoms with Crippen molar-refractivity contribution < 1.29 is 9.32 Å². The van der Waals surface area contributed by atoms with Crippen molar-refractivity contribution in [3.63, 3.8) is 0 Å². The smallest absolute Gasteiger partial charge is 0.275 e. The van der Waals surface area contributed by atoms with Gasteiger partial charge in [-0.3, -0.25) is 4.79 Å². The summed E-state index contributed by atoms with van der Waals surface area (Å²) < 4.78 is 4.90. The molecule has 122 valence electrons. The van der Waals surface area contributed by atoms with Gasteiger partial charge in [-0.2, -0.15) is 0 Å². The molecule has 0 aliphatic carbocycles. The highest BCUT2D eigenvalue weighted by Crippen LogP contribution is 2.22.